The van der Waals surface area contributed by atoms with Crippen LogP contribution in [0.1, 0.15) is 23.7 Å². The summed E-state index contributed by atoms with van der Waals surface area (Å²) in [4.78, 5) is 19.1. The Morgan fingerprint density at radius 3 is 3.03 bits per heavy atom. The molecule has 3 heterocycles. The maximum atomic E-state index is 15.1. The number of piperidine rings is 1. The summed E-state index contributed by atoms with van der Waals surface area (Å²) in [5, 5.41) is 18.1. The molecule has 1 fully saturated rings. The van der Waals surface area contributed by atoms with Crippen molar-refractivity contribution in [2.24, 2.45) is 0 Å². The fourth-order valence-corrected chi connectivity index (χ4v) is 5.55. The maximum absolute atomic E-state index is 15.1. The Hall–Kier alpha value is -2.72. The van der Waals surface area contributed by atoms with Crippen LogP contribution >= 0.6 is 11.8 Å². The zero-order valence-corrected chi connectivity index (χ0v) is 20.4. The van der Waals surface area contributed by atoms with Crippen molar-refractivity contribution in [2.45, 2.75) is 36.2 Å². The van der Waals surface area contributed by atoms with Crippen molar-refractivity contribution < 1.29 is 19.0 Å². The molecule has 184 valence electrons. The van der Waals surface area contributed by atoms with E-state index < -0.39 is 12.3 Å². The topological polar surface area (TPSA) is 86.7 Å². The second-order valence-electron chi connectivity index (χ2n) is 9.02. The number of fused-ring (bicyclic) bond motifs is 2. The molecule has 2 unspecified atom stereocenters. The number of pyridine rings is 1. The van der Waals surface area contributed by atoms with Gasteiger partial charge in [0.25, 0.3) is 0 Å². The van der Waals surface area contributed by atoms with E-state index in [4.69, 9.17) is 4.74 Å². The molecule has 0 bridgehead atoms. The van der Waals surface area contributed by atoms with E-state index in [0.29, 0.717) is 37.6 Å². The minimum atomic E-state index is -1.04. The summed E-state index contributed by atoms with van der Waals surface area (Å²) in [5.74, 6) is 1.15. The lowest BCUT2D eigenvalue weighted by molar-refractivity contribution is -0.113. The van der Waals surface area contributed by atoms with E-state index in [0.717, 1.165) is 32.6 Å². The standard InChI is InChI=1S/C26H29FN4O3S/c1-34-17-3-4-21-19(11-17)18(6-8-28-21)24(32)14-31-9-7-22(20(27)13-31)29-12-16-2-5-25-23(10-16)30-26(33)15-35-25/h2-6,8,10-11,20,22,24,29,32H,7,9,12-15H2,1H3,(H,30,33)/t20-,22?,24?/m1/s1. The normalized spacial score (nSPS) is 21.4. The van der Waals surface area contributed by atoms with Gasteiger partial charge in [0.15, 0.2) is 0 Å². The van der Waals surface area contributed by atoms with Gasteiger partial charge in [-0.2, -0.15) is 0 Å². The molecule has 1 amide bonds. The van der Waals surface area contributed by atoms with Crippen molar-refractivity contribution in [3.05, 3.63) is 59.8 Å². The average molecular weight is 497 g/mol. The highest BCUT2D eigenvalue weighted by molar-refractivity contribution is 8.00. The number of halogens is 1. The van der Waals surface area contributed by atoms with Crippen LogP contribution in [0.5, 0.6) is 5.75 Å². The number of aliphatic hydroxyl groups is 1. The third kappa shape index (κ3) is 5.43. The SMILES string of the molecule is COc1ccc2nccc(C(O)CN3CCC(NCc4ccc5c(c4)NC(=O)CS5)[C@H](F)C3)c2c1. The van der Waals surface area contributed by atoms with Crippen molar-refractivity contribution in [2.75, 3.05) is 37.8 Å². The van der Waals surface area contributed by atoms with Crippen LogP contribution in [0.2, 0.25) is 0 Å². The molecule has 3 aromatic rings. The molecule has 9 heteroatoms. The fraction of sp³-hybridized carbons (Fsp3) is 0.385. The lowest BCUT2D eigenvalue weighted by atomic mass is 9.99. The van der Waals surface area contributed by atoms with Crippen LogP contribution in [0.15, 0.2) is 53.6 Å². The first kappa shape index (κ1) is 24.0. The monoisotopic (exact) mass is 496 g/mol. The molecule has 1 saturated heterocycles. The van der Waals surface area contributed by atoms with E-state index in [1.807, 2.05) is 47.4 Å². The highest BCUT2D eigenvalue weighted by atomic mass is 32.2. The zero-order valence-electron chi connectivity index (χ0n) is 19.5. The van der Waals surface area contributed by atoms with Crippen molar-refractivity contribution in [1.29, 1.82) is 0 Å². The largest absolute Gasteiger partial charge is 0.497 e. The van der Waals surface area contributed by atoms with Gasteiger partial charge in [0.2, 0.25) is 5.91 Å². The molecular formula is C26H29FN4O3S. The quantitative estimate of drug-likeness (QED) is 0.461. The third-order valence-electron chi connectivity index (χ3n) is 6.64. The van der Waals surface area contributed by atoms with Crippen LogP contribution in [-0.2, 0) is 11.3 Å². The first-order chi connectivity index (χ1) is 17.0. The molecule has 0 spiro atoms. The van der Waals surface area contributed by atoms with Gasteiger partial charge >= 0.3 is 0 Å². The molecule has 2 aromatic carbocycles. The molecule has 0 radical (unpaired) electrons. The maximum Gasteiger partial charge on any atom is 0.234 e. The Morgan fingerprint density at radius 2 is 2.20 bits per heavy atom. The number of β-amino-alcohol motifs (C(OH)–C–C–N with tert-alkyl or cyclic N) is 1. The van der Waals surface area contributed by atoms with Crippen molar-refractivity contribution >= 4 is 34.3 Å². The molecule has 0 aliphatic carbocycles. The Balaban J connectivity index is 1.17. The van der Waals surface area contributed by atoms with Gasteiger partial charge < -0.3 is 20.5 Å². The smallest absolute Gasteiger partial charge is 0.234 e. The number of ether oxygens (including phenoxy) is 1. The molecular weight excluding hydrogens is 467 g/mol. The van der Waals surface area contributed by atoms with Gasteiger partial charge in [-0.1, -0.05) is 6.07 Å². The van der Waals surface area contributed by atoms with Crippen molar-refractivity contribution in [3.8, 4) is 5.75 Å². The number of nitrogens with one attached hydrogen (secondary N) is 2. The predicted octanol–water partition coefficient (Wildman–Crippen LogP) is 3.52. The highest BCUT2D eigenvalue weighted by Crippen LogP contribution is 2.32. The fourth-order valence-electron chi connectivity index (χ4n) is 4.76. The number of likely N-dealkylation sites (tertiary alicyclic amines) is 1. The van der Waals surface area contributed by atoms with Crippen LogP contribution in [0, 0.1) is 0 Å². The number of methoxy groups -OCH3 is 1. The zero-order chi connectivity index (χ0) is 24.4. The minimum Gasteiger partial charge on any atom is -0.497 e. The number of amides is 1. The van der Waals surface area contributed by atoms with Crippen LogP contribution in [0.4, 0.5) is 10.1 Å². The summed E-state index contributed by atoms with van der Waals surface area (Å²) in [6.07, 6.45) is 0.536. The molecule has 3 atom stereocenters. The molecule has 1 aromatic heterocycles. The molecule has 7 nitrogen and oxygen atoms in total. The van der Waals surface area contributed by atoms with Gasteiger partial charge in [0.1, 0.15) is 11.9 Å². The first-order valence-electron chi connectivity index (χ1n) is 11.8. The van der Waals surface area contributed by atoms with Gasteiger partial charge in [-0.25, -0.2) is 4.39 Å². The number of thioether (sulfide) groups is 1. The summed E-state index contributed by atoms with van der Waals surface area (Å²) < 4.78 is 20.4. The van der Waals surface area contributed by atoms with Crippen LogP contribution in [-0.4, -0.2) is 65.6 Å². The molecule has 5 rings (SSSR count). The molecule has 35 heavy (non-hydrogen) atoms. The molecule has 2 aliphatic rings. The Labute approximate surface area is 208 Å². The van der Waals surface area contributed by atoms with Crippen LogP contribution < -0.4 is 15.4 Å². The summed E-state index contributed by atoms with van der Waals surface area (Å²) in [5.41, 5.74) is 3.39. The number of rotatable bonds is 7. The van der Waals surface area contributed by atoms with Crippen LogP contribution in [0.25, 0.3) is 10.9 Å². The Kier molecular flexibility index (Phi) is 7.19. The number of aromatic nitrogens is 1. The Bertz CT molecular complexity index is 1230. The molecule has 3 N–H and O–H groups in total. The second kappa shape index (κ2) is 10.5. The number of alkyl halides is 1. The van der Waals surface area contributed by atoms with Gasteiger partial charge in [-0.3, -0.25) is 14.7 Å². The lowest BCUT2D eigenvalue weighted by Gasteiger charge is -2.36. The van der Waals surface area contributed by atoms with E-state index >= 15 is 4.39 Å². The number of hydrogen-bond donors (Lipinski definition) is 3. The van der Waals surface area contributed by atoms with Crippen molar-refractivity contribution in [3.63, 3.8) is 0 Å². The number of aliphatic hydroxyl groups excluding tert-OH is 1. The van der Waals surface area contributed by atoms with Crippen LogP contribution in [0.3, 0.4) is 0 Å². The number of carbonyl (C=O) groups excluding carboxylic acids is 1. The summed E-state index contributed by atoms with van der Waals surface area (Å²) in [6, 6.07) is 13.1. The van der Waals surface area contributed by atoms with E-state index in [1.54, 1.807) is 13.3 Å². The average Bonchev–Trinajstić information content (AvgIpc) is 2.87. The van der Waals surface area contributed by atoms with Gasteiger partial charge in [0, 0.05) is 42.2 Å². The molecule has 2 aliphatic heterocycles. The second-order valence-corrected chi connectivity index (χ2v) is 10.0. The Morgan fingerprint density at radius 1 is 1.31 bits per heavy atom. The number of nitrogens with zero attached hydrogens (tertiary/aromatic N) is 2. The molecule has 0 saturated carbocycles. The number of benzene rings is 2. The minimum absolute atomic E-state index is 0.00453. The van der Waals surface area contributed by atoms with E-state index in [2.05, 4.69) is 15.6 Å². The summed E-state index contributed by atoms with van der Waals surface area (Å²) in [7, 11) is 1.61. The van der Waals surface area contributed by atoms with Gasteiger partial charge in [-0.05, 0) is 60.5 Å². The third-order valence-corrected chi connectivity index (χ3v) is 7.72. The van der Waals surface area contributed by atoms with Gasteiger partial charge in [0.05, 0.1) is 30.2 Å². The van der Waals surface area contributed by atoms with Gasteiger partial charge in [-0.15, -0.1) is 11.8 Å². The number of anilines is 1. The lowest BCUT2D eigenvalue weighted by Crippen LogP contribution is -2.51. The summed E-state index contributed by atoms with van der Waals surface area (Å²) in [6.45, 7) is 1.84. The van der Waals surface area contributed by atoms with Crippen molar-refractivity contribution in [1.82, 2.24) is 15.2 Å². The highest BCUT2D eigenvalue weighted by Gasteiger charge is 2.30. The predicted molar refractivity (Wildman–Crippen MR) is 136 cm³/mol. The van der Waals surface area contributed by atoms with E-state index in [1.165, 1.54) is 11.8 Å². The summed E-state index contributed by atoms with van der Waals surface area (Å²) >= 11 is 1.53. The number of hydrogen-bond acceptors (Lipinski definition) is 7. The first-order valence-corrected chi connectivity index (χ1v) is 12.7. The number of carbonyl (C=O) groups is 1. The van der Waals surface area contributed by atoms with E-state index in [-0.39, 0.29) is 18.5 Å². The van der Waals surface area contributed by atoms with E-state index in [9.17, 15) is 9.90 Å².